The van der Waals surface area contributed by atoms with Gasteiger partial charge in [0.1, 0.15) is 0 Å². The number of carbonyl (C=O) groups is 1. The Labute approximate surface area is 119 Å². The molecule has 5 heteroatoms. The van der Waals surface area contributed by atoms with Gasteiger partial charge in [-0.25, -0.2) is 0 Å². The lowest BCUT2D eigenvalue weighted by Gasteiger charge is -2.13. The second kappa shape index (κ2) is 5.17. The lowest BCUT2D eigenvalue weighted by atomic mass is 10.1. The van der Waals surface area contributed by atoms with Crippen LogP contribution in [0.4, 0.5) is 0 Å². The van der Waals surface area contributed by atoms with E-state index in [0.717, 1.165) is 18.2 Å². The summed E-state index contributed by atoms with van der Waals surface area (Å²) < 4.78 is 0. The van der Waals surface area contributed by atoms with Crippen LogP contribution < -0.4 is 5.32 Å². The summed E-state index contributed by atoms with van der Waals surface area (Å²) in [5.74, 6) is -0.162. The van der Waals surface area contributed by atoms with Crippen molar-refractivity contribution in [1.29, 1.82) is 0 Å². The zero-order valence-corrected chi connectivity index (χ0v) is 12.2. The van der Waals surface area contributed by atoms with E-state index in [4.69, 9.17) is 23.2 Å². The summed E-state index contributed by atoms with van der Waals surface area (Å²) in [6.45, 7) is 0.680. The van der Waals surface area contributed by atoms with E-state index in [1.54, 1.807) is 18.2 Å². The SMILES string of the molecule is O=C(NCC1(CBr)CC1)c1cc(Cl)ccc1Cl. The molecule has 0 bridgehead atoms. The fourth-order valence-electron chi connectivity index (χ4n) is 1.57. The fourth-order valence-corrected chi connectivity index (χ4v) is 2.70. The standard InChI is InChI=1S/C12H12BrCl2NO/c13-6-12(3-4-12)7-16-11(17)9-5-8(14)1-2-10(9)15/h1-2,5H,3-4,6-7H2,(H,16,17). The Morgan fingerprint density at radius 3 is 2.71 bits per heavy atom. The van der Waals surface area contributed by atoms with E-state index >= 15 is 0 Å². The number of benzene rings is 1. The zero-order chi connectivity index (χ0) is 12.5. The van der Waals surface area contributed by atoms with Crippen molar-refractivity contribution in [2.24, 2.45) is 5.41 Å². The highest BCUT2D eigenvalue weighted by atomic mass is 79.9. The summed E-state index contributed by atoms with van der Waals surface area (Å²) in [4.78, 5) is 11.9. The highest BCUT2D eigenvalue weighted by molar-refractivity contribution is 9.09. The van der Waals surface area contributed by atoms with Gasteiger partial charge in [0.2, 0.25) is 0 Å². The molecule has 0 aromatic heterocycles. The third kappa shape index (κ3) is 3.15. The van der Waals surface area contributed by atoms with Crippen LogP contribution in [-0.4, -0.2) is 17.8 Å². The van der Waals surface area contributed by atoms with Crippen molar-refractivity contribution in [3.63, 3.8) is 0 Å². The van der Waals surface area contributed by atoms with Gasteiger partial charge in [0.25, 0.3) is 5.91 Å². The van der Waals surface area contributed by atoms with Gasteiger partial charge >= 0.3 is 0 Å². The van der Waals surface area contributed by atoms with Crippen molar-refractivity contribution in [2.75, 3.05) is 11.9 Å². The second-order valence-corrected chi connectivity index (χ2v) is 5.84. The molecule has 1 fully saturated rings. The molecular weight excluding hydrogens is 325 g/mol. The molecule has 0 heterocycles. The third-order valence-corrected chi connectivity index (χ3v) is 4.79. The third-order valence-electron chi connectivity index (χ3n) is 3.04. The van der Waals surface area contributed by atoms with Crippen LogP contribution >= 0.6 is 39.1 Å². The van der Waals surface area contributed by atoms with Crippen LogP contribution in [0.5, 0.6) is 0 Å². The molecule has 92 valence electrons. The molecule has 0 atom stereocenters. The molecule has 2 nitrogen and oxygen atoms in total. The Hall–Kier alpha value is -0.250. The van der Waals surface area contributed by atoms with Gasteiger partial charge in [0, 0.05) is 16.9 Å². The number of carbonyl (C=O) groups excluding carboxylic acids is 1. The first-order chi connectivity index (χ1) is 8.06. The molecule has 0 saturated heterocycles. The van der Waals surface area contributed by atoms with Gasteiger partial charge in [-0.1, -0.05) is 39.1 Å². The Morgan fingerprint density at radius 1 is 1.41 bits per heavy atom. The van der Waals surface area contributed by atoms with Crippen molar-refractivity contribution in [3.05, 3.63) is 33.8 Å². The van der Waals surface area contributed by atoms with Crippen LogP contribution in [0.3, 0.4) is 0 Å². The topological polar surface area (TPSA) is 29.1 Å². The Morgan fingerprint density at radius 2 is 2.12 bits per heavy atom. The lowest BCUT2D eigenvalue weighted by Crippen LogP contribution is -2.31. The van der Waals surface area contributed by atoms with Crippen molar-refractivity contribution in [3.8, 4) is 0 Å². The van der Waals surface area contributed by atoms with Gasteiger partial charge in [-0.3, -0.25) is 4.79 Å². The van der Waals surface area contributed by atoms with Crippen LogP contribution in [0, 0.1) is 5.41 Å². The van der Waals surface area contributed by atoms with Crippen LogP contribution in [0.2, 0.25) is 10.0 Å². The molecule has 1 aromatic rings. The second-order valence-electron chi connectivity index (χ2n) is 4.44. The summed E-state index contributed by atoms with van der Waals surface area (Å²) >= 11 is 15.3. The van der Waals surface area contributed by atoms with Gasteiger partial charge in [-0.05, 0) is 36.5 Å². The van der Waals surface area contributed by atoms with E-state index < -0.39 is 0 Å². The molecule has 1 saturated carbocycles. The van der Waals surface area contributed by atoms with Gasteiger partial charge in [0.15, 0.2) is 0 Å². The van der Waals surface area contributed by atoms with Crippen LogP contribution in [0.15, 0.2) is 18.2 Å². The number of halogens is 3. The van der Waals surface area contributed by atoms with E-state index in [2.05, 4.69) is 21.2 Å². The van der Waals surface area contributed by atoms with E-state index in [0.29, 0.717) is 22.2 Å². The Balaban J connectivity index is 2.02. The molecular formula is C12H12BrCl2NO. The Kier molecular flexibility index (Phi) is 4.01. The highest BCUT2D eigenvalue weighted by Gasteiger charge is 2.41. The fraction of sp³-hybridized carbons (Fsp3) is 0.417. The molecule has 1 aliphatic carbocycles. The maximum atomic E-state index is 11.9. The number of hydrogen-bond acceptors (Lipinski definition) is 1. The van der Waals surface area contributed by atoms with Crippen LogP contribution in [0.25, 0.3) is 0 Å². The van der Waals surface area contributed by atoms with E-state index in [-0.39, 0.29) is 11.3 Å². The molecule has 17 heavy (non-hydrogen) atoms. The summed E-state index contributed by atoms with van der Waals surface area (Å²) in [6, 6.07) is 4.89. The average molecular weight is 337 g/mol. The Bertz CT molecular complexity index is 446. The lowest BCUT2D eigenvalue weighted by molar-refractivity contribution is 0.0946. The monoisotopic (exact) mass is 335 g/mol. The first-order valence-corrected chi connectivity index (χ1v) is 7.23. The largest absolute Gasteiger partial charge is 0.351 e. The molecule has 0 radical (unpaired) electrons. The van der Waals surface area contributed by atoms with Crippen LogP contribution in [0.1, 0.15) is 23.2 Å². The minimum atomic E-state index is -0.162. The number of nitrogens with one attached hydrogen (secondary N) is 1. The molecule has 2 rings (SSSR count). The summed E-state index contributed by atoms with van der Waals surface area (Å²) in [6.07, 6.45) is 2.31. The van der Waals surface area contributed by atoms with Crippen molar-refractivity contribution in [2.45, 2.75) is 12.8 Å². The van der Waals surface area contributed by atoms with Crippen LogP contribution in [-0.2, 0) is 0 Å². The smallest absolute Gasteiger partial charge is 0.252 e. The van der Waals surface area contributed by atoms with Crippen molar-refractivity contribution in [1.82, 2.24) is 5.32 Å². The minimum Gasteiger partial charge on any atom is -0.351 e. The summed E-state index contributed by atoms with van der Waals surface area (Å²) in [7, 11) is 0. The number of rotatable bonds is 4. The number of alkyl halides is 1. The van der Waals surface area contributed by atoms with Crippen molar-refractivity contribution < 1.29 is 4.79 Å². The maximum Gasteiger partial charge on any atom is 0.252 e. The molecule has 1 N–H and O–H groups in total. The molecule has 1 aromatic carbocycles. The van der Waals surface area contributed by atoms with Gasteiger partial charge in [0.05, 0.1) is 10.6 Å². The van der Waals surface area contributed by atoms with Gasteiger partial charge in [-0.15, -0.1) is 0 Å². The summed E-state index contributed by atoms with van der Waals surface area (Å²) in [5, 5.41) is 4.77. The highest BCUT2D eigenvalue weighted by Crippen LogP contribution is 2.46. The number of amides is 1. The summed E-state index contributed by atoms with van der Waals surface area (Å²) in [5.41, 5.74) is 0.685. The first kappa shape index (κ1) is 13.2. The first-order valence-electron chi connectivity index (χ1n) is 5.36. The number of hydrogen-bond donors (Lipinski definition) is 1. The average Bonchev–Trinajstić information content (AvgIpc) is 3.10. The predicted molar refractivity (Wildman–Crippen MR) is 74.3 cm³/mol. The normalized spacial score (nSPS) is 16.6. The quantitative estimate of drug-likeness (QED) is 0.830. The molecule has 0 aliphatic heterocycles. The van der Waals surface area contributed by atoms with Crippen molar-refractivity contribution >= 4 is 45.0 Å². The minimum absolute atomic E-state index is 0.162. The molecule has 1 amide bonds. The molecule has 0 unspecified atom stereocenters. The predicted octanol–water partition coefficient (Wildman–Crippen LogP) is 3.90. The zero-order valence-electron chi connectivity index (χ0n) is 9.10. The van der Waals surface area contributed by atoms with Gasteiger partial charge in [-0.2, -0.15) is 0 Å². The van der Waals surface area contributed by atoms with E-state index in [9.17, 15) is 4.79 Å². The van der Waals surface area contributed by atoms with E-state index in [1.165, 1.54) is 0 Å². The maximum absolute atomic E-state index is 11.9. The van der Waals surface area contributed by atoms with Gasteiger partial charge < -0.3 is 5.32 Å². The molecule has 1 aliphatic rings. The van der Waals surface area contributed by atoms with E-state index in [1.807, 2.05) is 0 Å². The molecule has 0 spiro atoms.